The second-order valence-corrected chi connectivity index (χ2v) is 5.86. The molecule has 2 aromatic rings. The largest absolute Gasteiger partial charge is 0.325 e. The maximum Gasteiger partial charge on any atom is 0.227 e. The fourth-order valence-electron chi connectivity index (χ4n) is 2.20. The van der Waals surface area contributed by atoms with Gasteiger partial charge < -0.3 is 5.32 Å². The van der Waals surface area contributed by atoms with Crippen molar-refractivity contribution < 1.29 is 4.79 Å². The number of carbonyl (C=O) groups excluding carboxylic acids is 1. The Kier molecular flexibility index (Phi) is 4.90. The zero-order chi connectivity index (χ0) is 14.5. The lowest BCUT2D eigenvalue weighted by molar-refractivity contribution is -0.120. The van der Waals surface area contributed by atoms with Gasteiger partial charge >= 0.3 is 0 Å². The van der Waals surface area contributed by atoms with E-state index in [-0.39, 0.29) is 11.8 Å². The second-order valence-electron chi connectivity index (χ2n) is 4.80. The standard InChI is InChI=1S/C16H20N2OS/c1-4-12(5-2)16(19)18-14-9-7-6-8-13(14)15-10-20-11(3)17-15/h6-10,12H,4-5H2,1-3H3,(H,18,19). The SMILES string of the molecule is CCC(CC)C(=O)Nc1ccccc1-c1csc(C)n1. The van der Waals surface area contributed by atoms with Gasteiger partial charge in [-0.1, -0.05) is 32.0 Å². The Bertz CT molecular complexity index is 588. The maximum absolute atomic E-state index is 12.2. The number of benzene rings is 1. The predicted molar refractivity (Wildman–Crippen MR) is 85.0 cm³/mol. The quantitative estimate of drug-likeness (QED) is 0.880. The van der Waals surface area contributed by atoms with Crippen LogP contribution in [0.2, 0.25) is 0 Å². The third-order valence-electron chi connectivity index (χ3n) is 3.44. The van der Waals surface area contributed by atoms with Gasteiger partial charge in [0.2, 0.25) is 5.91 Å². The predicted octanol–water partition coefficient (Wildman–Crippen LogP) is 4.49. The van der Waals surface area contributed by atoms with Crippen LogP contribution in [-0.4, -0.2) is 10.9 Å². The van der Waals surface area contributed by atoms with E-state index in [1.54, 1.807) is 11.3 Å². The zero-order valence-electron chi connectivity index (χ0n) is 12.1. The first-order chi connectivity index (χ1) is 9.65. The summed E-state index contributed by atoms with van der Waals surface area (Å²) in [5.41, 5.74) is 2.75. The van der Waals surface area contributed by atoms with Gasteiger partial charge in [0.25, 0.3) is 0 Å². The lowest BCUT2D eigenvalue weighted by atomic mass is 10.0. The number of hydrogen-bond donors (Lipinski definition) is 1. The van der Waals surface area contributed by atoms with Crippen LogP contribution in [0.5, 0.6) is 0 Å². The maximum atomic E-state index is 12.2. The van der Waals surface area contributed by atoms with Crippen LogP contribution in [0, 0.1) is 12.8 Å². The highest BCUT2D eigenvalue weighted by Crippen LogP contribution is 2.29. The Labute approximate surface area is 124 Å². The first kappa shape index (κ1) is 14.7. The molecule has 0 atom stereocenters. The van der Waals surface area contributed by atoms with Crippen molar-refractivity contribution in [2.24, 2.45) is 5.92 Å². The van der Waals surface area contributed by atoms with Crippen LogP contribution in [0.3, 0.4) is 0 Å². The summed E-state index contributed by atoms with van der Waals surface area (Å²) in [5, 5.41) is 6.10. The molecular formula is C16H20N2OS. The Balaban J connectivity index is 2.27. The first-order valence-corrected chi connectivity index (χ1v) is 7.86. The minimum atomic E-state index is 0.0697. The minimum absolute atomic E-state index is 0.0697. The monoisotopic (exact) mass is 288 g/mol. The molecule has 0 saturated heterocycles. The number of anilines is 1. The number of nitrogens with one attached hydrogen (secondary N) is 1. The van der Waals surface area contributed by atoms with Crippen LogP contribution in [0.25, 0.3) is 11.3 Å². The van der Waals surface area contributed by atoms with Crippen molar-refractivity contribution in [2.45, 2.75) is 33.6 Å². The topological polar surface area (TPSA) is 42.0 Å². The summed E-state index contributed by atoms with van der Waals surface area (Å²) < 4.78 is 0. The van der Waals surface area contributed by atoms with Gasteiger partial charge in [0.1, 0.15) is 0 Å². The van der Waals surface area contributed by atoms with E-state index in [2.05, 4.69) is 10.3 Å². The van der Waals surface area contributed by atoms with E-state index in [1.165, 1.54) is 0 Å². The van der Waals surface area contributed by atoms with E-state index in [1.807, 2.05) is 50.4 Å². The van der Waals surface area contributed by atoms with Crippen LogP contribution in [0.4, 0.5) is 5.69 Å². The third-order valence-corrected chi connectivity index (χ3v) is 4.21. The van der Waals surface area contributed by atoms with Gasteiger partial charge in [0.15, 0.2) is 0 Å². The zero-order valence-corrected chi connectivity index (χ0v) is 13.0. The summed E-state index contributed by atoms with van der Waals surface area (Å²) >= 11 is 1.62. The molecule has 20 heavy (non-hydrogen) atoms. The highest BCUT2D eigenvalue weighted by Gasteiger charge is 2.16. The molecule has 106 valence electrons. The van der Waals surface area contributed by atoms with Gasteiger partial charge in [-0.3, -0.25) is 4.79 Å². The summed E-state index contributed by atoms with van der Waals surface area (Å²) in [6.07, 6.45) is 1.72. The van der Waals surface area contributed by atoms with E-state index in [0.717, 1.165) is 34.8 Å². The average molecular weight is 288 g/mol. The molecule has 1 aromatic heterocycles. The number of rotatable bonds is 5. The fraction of sp³-hybridized carbons (Fsp3) is 0.375. The molecule has 4 heteroatoms. The summed E-state index contributed by atoms with van der Waals surface area (Å²) in [6.45, 7) is 6.08. The van der Waals surface area contributed by atoms with Crippen LogP contribution < -0.4 is 5.32 Å². The molecule has 0 fully saturated rings. The molecule has 0 unspecified atom stereocenters. The van der Waals surface area contributed by atoms with Crippen molar-refractivity contribution in [1.82, 2.24) is 4.98 Å². The summed E-state index contributed by atoms with van der Waals surface area (Å²) in [7, 11) is 0. The lowest BCUT2D eigenvalue weighted by Gasteiger charge is -2.14. The molecule has 0 bridgehead atoms. The molecule has 1 heterocycles. The normalized spacial score (nSPS) is 10.8. The van der Waals surface area contributed by atoms with Crippen LogP contribution >= 0.6 is 11.3 Å². The van der Waals surface area contributed by atoms with Gasteiger partial charge in [0.05, 0.1) is 16.4 Å². The molecule has 0 saturated carbocycles. The number of aryl methyl sites for hydroxylation is 1. The molecule has 3 nitrogen and oxygen atoms in total. The van der Waals surface area contributed by atoms with Crippen molar-refractivity contribution in [3.8, 4) is 11.3 Å². The molecule has 1 N–H and O–H groups in total. The molecule has 0 aliphatic carbocycles. The van der Waals surface area contributed by atoms with E-state index in [9.17, 15) is 4.79 Å². The Hall–Kier alpha value is -1.68. The van der Waals surface area contributed by atoms with Gasteiger partial charge in [-0.2, -0.15) is 0 Å². The van der Waals surface area contributed by atoms with E-state index in [4.69, 9.17) is 0 Å². The fourth-order valence-corrected chi connectivity index (χ4v) is 2.81. The van der Waals surface area contributed by atoms with Crippen molar-refractivity contribution in [1.29, 1.82) is 0 Å². The molecular weight excluding hydrogens is 268 g/mol. The number of para-hydroxylation sites is 1. The minimum Gasteiger partial charge on any atom is -0.325 e. The molecule has 0 radical (unpaired) electrons. The number of nitrogens with zero attached hydrogens (tertiary/aromatic N) is 1. The van der Waals surface area contributed by atoms with Crippen molar-refractivity contribution in [3.05, 3.63) is 34.7 Å². The van der Waals surface area contributed by atoms with Gasteiger partial charge in [0, 0.05) is 16.9 Å². The summed E-state index contributed by atoms with van der Waals surface area (Å²) in [4.78, 5) is 16.7. The smallest absolute Gasteiger partial charge is 0.227 e. The number of thiazole rings is 1. The number of hydrogen-bond acceptors (Lipinski definition) is 3. The van der Waals surface area contributed by atoms with E-state index in [0.29, 0.717) is 0 Å². The van der Waals surface area contributed by atoms with E-state index < -0.39 is 0 Å². The summed E-state index contributed by atoms with van der Waals surface area (Å²) in [5.74, 6) is 0.162. The van der Waals surface area contributed by atoms with Crippen LogP contribution in [0.15, 0.2) is 29.6 Å². The van der Waals surface area contributed by atoms with Crippen molar-refractivity contribution in [2.75, 3.05) is 5.32 Å². The Morgan fingerprint density at radius 1 is 1.30 bits per heavy atom. The Morgan fingerprint density at radius 2 is 2.00 bits per heavy atom. The molecule has 1 aromatic carbocycles. The molecule has 0 aliphatic heterocycles. The lowest BCUT2D eigenvalue weighted by Crippen LogP contribution is -2.21. The van der Waals surface area contributed by atoms with E-state index >= 15 is 0 Å². The van der Waals surface area contributed by atoms with Crippen molar-refractivity contribution >= 4 is 22.9 Å². The molecule has 0 spiro atoms. The highest BCUT2D eigenvalue weighted by molar-refractivity contribution is 7.09. The highest BCUT2D eigenvalue weighted by atomic mass is 32.1. The van der Waals surface area contributed by atoms with Gasteiger partial charge in [-0.25, -0.2) is 4.98 Å². The first-order valence-electron chi connectivity index (χ1n) is 6.98. The molecule has 1 amide bonds. The molecule has 2 rings (SSSR count). The Morgan fingerprint density at radius 3 is 2.60 bits per heavy atom. The number of aromatic nitrogens is 1. The number of amides is 1. The van der Waals surface area contributed by atoms with Gasteiger partial charge in [-0.05, 0) is 25.8 Å². The second kappa shape index (κ2) is 6.66. The molecule has 0 aliphatic rings. The number of carbonyl (C=O) groups is 1. The van der Waals surface area contributed by atoms with Crippen molar-refractivity contribution in [3.63, 3.8) is 0 Å². The summed E-state index contributed by atoms with van der Waals surface area (Å²) in [6, 6.07) is 7.84. The third kappa shape index (κ3) is 3.25. The van der Waals surface area contributed by atoms with Gasteiger partial charge in [-0.15, -0.1) is 11.3 Å². The van der Waals surface area contributed by atoms with Crippen LogP contribution in [-0.2, 0) is 4.79 Å². The van der Waals surface area contributed by atoms with Crippen LogP contribution in [0.1, 0.15) is 31.7 Å². The average Bonchev–Trinajstić information content (AvgIpc) is 2.87.